The highest BCUT2D eigenvalue weighted by molar-refractivity contribution is 5.84. The van der Waals surface area contributed by atoms with Gasteiger partial charge in [-0.2, -0.15) is 0 Å². The molecule has 0 spiro atoms. The molecule has 0 aliphatic heterocycles. The van der Waals surface area contributed by atoms with Gasteiger partial charge in [0.15, 0.2) is 0 Å². The van der Waals surface area contributed by atoms with Gasteiger partial charge in [-0.05, 0) is 39.4 Å². The molecule has 0 aromatic carbocycles. The number of aromatic carboxylic acids is 1. The lowest BCUT2D eigenvalue weighted by atomic mass is 10.2. The van der Waals surface area contributed by atoms with Crippen molar-refractivity contribution in [1.82, 2.24) is 10.2 Å². The van der Waals surface area contributed by atoms with Gasteiger partial charge in [-0.3, -0.25) is 9.69 Å². The fourth-order valence-electron chi connectivity index (χ4n) is 1.95. The molecule has 20 heavy (non-hydrogen) atoms. The number of nitrogens with one attached hydrogen (secondary N) is 1. The highest BCUT2D eigenvalue weighted by Crippen LogP contribution is 2.22. The minimum absolute atomic E-state index is 0.0567. The van der Waals surface area contributed by atoms with E-state index in [4.69, 9.17) is 9.52 Å². The molecule has 6 nitrogen and oxygen atoms in total. The number of hydrogen-bond donors (Lipinski definition) is 2. The Balaban J connectivity index is 2.72. The van der Waals surface area contributed by atoms with Crippen LogP contribution < -0.4 is 5.32 Å². The van der Waals surface area contributed by atoms with Gasteiger partial charge in [-0.25, -0.2) is 4.79 Å². The lowest BCUT2D eigenvalue weighted by Crippen LogP contribution is -2.40. The molecule has 0 fully saturated rings. The Hall–Kier alpha value is -1.82. The fraction of sp³-hybridized carbons (Fsp3) is 0.571. The number of carboxylic acids is 1. The van der Waals surface area contributed by atoms with Crippen LogP contribution in [0.25, 0.3) is 0 Å². The molecule has 1 rings (SSSR count). The first-order valence-corrected chi connectivity index (χ1v) is 6.71. The first-order chi connectivity index (χ1) is 9.35. The van der Waals surface area contributed by atoms with Gasteiger partial charge in [0.05, 0.1) is 12.6 Å². The van der Waals surface area contributed by atoms with E-state index in [-0.39, 0.29) is 30.3 Å². The topological polar surface area (TPSA) is 82.8 Å². The van der Waals surface area contributed by atoms with Crippen LogP contribution in [0.3, 0.4) is 0 Å². The Kier molecular flexibility index (Phi) is 5.76. The molecule has 2 N–H and O–H groups in total. The second kappa shape index (κ2) is 7.09. The third kappa shape index (κ3) is 4.38. The number of furan rings is 1. The van der Waals surface area contributed by atoms with Crippen molar-refractivity contribution in [3.8, 4) is 0 Å². The quantitative estimate of drug-likeness (QED) is 0.798. The summed E-state index contributed by atoms with van der Waals surface area (Å²) in [7, 11) is 0. The van der Waals surface area contributed by atoms with E-state index in [2.05, 4.69) is 5.32 Å². The van der Waals surface area contributed by atoms with Gasteiger partial charge in [0.1, 0.15) is 5.76 Å². The maximum absolute atomic E-state index is 11.8. The summed E-state index contributed by atoms with van der Waals surface area (Å²) in [5, 5.41) is 11.7. The van der Waals surface area contributed by atoms with Crippen molar-refractivity contribution in [3.05, 3.63) is 23.7 Å². The Morgan fingerprint density at radius 1 is 1.35 bits per heavy atom. The smallest absolute Gasteiger partial charge is 0.371 e. The van der Waals surface area contributed by atoms with E-state index in [0.717, 1.165) is 0 Å². The third-order valence-electron chi connectivity index (χ3n) is 3.00. The van der Waals surface area contributed by atoms with Crippen LogP contribution in [0.1, 0.15) is 50.1 Å². The molecule has 1 aromatic heterocycles. The van der Waals surface area contributed by atoms with Crippen molar-refractivity contribution in [2.45, 2.75) is 39.8 Å². The van der Waals surface area contributed by atoms with E-state index in [1.165, 1.54) is 6.07 Å². The van der Waals surface area contributed by atoms with Gasteiger partial charge < -0.3 is 14.8 Å². The molecule has 0 aliphatic rings. The predicted molar refractivity (Wildman–Crippen MR) is 74.6 cm³/mol. The van der Waals surface area contributed by atoms with E-state index in [0.29, 0.717) is 12.3 Å². The van der Waals surface area contributed by atoms with Crippen LogP contribution in [-0.4, -0.2) is 41.0 Å². The second-order valence-electron chi connectivity index (χ2n) is 4.97. The zero-order chi connectivity index (χ0) is 15.3. The molecule has 0 aliphatic carbocycles. The third-order valence-corrected chi connectivity index (χ3v) is 3.00. The van der Waals surface area contributed by atoms with Crippen molar-refractivity contribution < 1.29 is 19.1 Å². The Morgan fingerprint density at radius 3 is 2.45 bits per heavy atom. The molecule has 0 saturated heterocycles. The molecule has 0 saturated carbocycles. The first-order valence-electron chi connectivity index (χ1n) is 6.71. The Morgan fingerprint density at radius 2 is 2.00 bits per heavy atom. The average Bonchev–Trinajstić information content (AvgIpc) is 2.83. The molecule has 0 radical (unpaired) electrons. The van der Waals surface area contributed by atoms with Gasteiger partial charge >= 0.3 is 5.97 Å². The molecular weight excluding hydrogens is 260 g/mol. The number of nitrogens with zero attached hydrogens (tertiary/aromatic N) is 1. The van der Waals surface area contributed by atoms with Gasteiger partial charge in [-0.1, -0.05) is 6.92 Å². The Labute approximate surface area is 118 Å². The number of amides is 1. The first kappa shape index (κ1) is 16.2. The normalized spacial score (nSPS) is 12.7. The fourth-order valence-corrected chi connectivity index (χ4v) is 1.95. The maximum atomic E-state index is 11.8. The van der Waals surface area contributed by atoms with E-state index >= 15 is 0 Å². The largest absolute Gasteiger partial charge is 0.475 e. The molecular formula is C14H22N2O4. The summed E-state index contributed by atoms with van der Waals surface area (Å²) in [6, 6.07) is 3.00. The number of carboxylic acid groups (broad SMARTS) is 1. The predicted octanol–water partition coefficient (Wildman–Crippen LogP) is 1.89. The van der Waals surface area contributed by atoms with Crippen LogP contribution in [0.15, 0.2) is 16.5 Å². The number of likely N-dealkylation sites (N-methyl/N-ethyl adjacent to an activating group) is 1. The van der Waals surface area contributed by atoms with Crippen molar-refractivity contribution in [2.75, 3.05) is 13.1 Å². The van der Waals surface area contributed by atoms with Crippen LogP contribution in [0, 0.1) is 0 Å². The average molecular weight is 282 g/mol. The van der Waals surface area contributed by atoms with Crippen molar-refractivity contribution >= 4 is 11.9 Å². The number of carbonyl (C=O) groups is 2. The zero-order valence-corrected chi connectivity index (χ0v) is 12.3. The second-order valence-corrected chi connectivity index (χ2v) is 4.97. The summed E-state index contributed by atoms with van der Waals surface area (Å²) >= 11 is 0. The van der Waals surface area contributed by atoms with Gasteiger partial charge in [-0.15, -0.1) is 0 Å². The summed E-state index contributed by atoms with van der Waals surface area (Å²) in [5.41, 5.74) is 0. The van der Waals surface area contributed by atoms with E-state index in [1.807, 2.05) is 32.6 Å². The number of hydrogen-bond acceptors (Lipinski definition) is 4. The molecule has 1 amide bonds. The molecule has 1 aromatic rings. The standard InChI is InChI=1S/C14H22N2O4/c1-5-16(8-13(17)15-9(2)3)10(4)11-6-7-12(20-11)14(18)19/h6-7,9-10H,5,8H2,1-4H3,(H,15,17)(H,18,19). The highest BCUT2D eigenvalue weighted by Gasteiger charge is 2.21. The van der Waals surface area contributed by atoms with Gasteiger partial charge in [0.25, 0.3) is 0 Å². The van der Waals surface area contributed by atoms with Gasteiger partial charge in [0.2, 0.25) is 11.7 Å². The monoisotopic (exact) mass is 282 g/mol. The molecule has 1 atom stereocenters. The summed E-state index contributed by atoms with van der Waals surface area (Å²) in [6.45, 7) is 8.55. The lowest BCUT2D eigenvalue weighted by Gasteiger charge is -2.26. The van der Waals surface area contributed by atoms with Crippen molar-refractivity contribution in [2.24, 2.45) is 0 Å². The summed E-state index contributed by atoms with van der Waals surface area (Å²) < 4.78 is 5.28. The van der Waals surface area contributed by atoms with Crippen LogP contribution in [0.4, 0.5) is 0 Å². The summed E-state index contributed by atoms with van der Waals surface area (Å²) in [6.07, 6.45) is 0. The minimum Gasteiger partial charge on any atom is -0.475 e. The minimum atomic E-state index is -1.09. The number of rotatable bonds is 7. The molecule has 1 unspecified atom stereocenters. The highest BCUT2D eigenvalue weighted by atomic mass is 16.4. The van der Waals surface area contributed by atoms with E-state index in [1.54, 1.807) is 6.07 Å². The van der Waals surface area contributed by atoms with E-state index < -0.39 is 5.97 Å². The Bertz CT molecular complexity index is 467. The summed E-state index contributed by atoms with van der Waals surface area (Å²) in [5.74, 6) is -0.695. The molecule has 0 bridgehead atoms. The van der Waals surface area contributed by atoms with Crippen LogP contribution in [-0.2, 0) is 4.79 Å². The van der Waals surface area contributed by atoms with E-state index in [9.17, 15) is 9.59 Å². The van der Waals surface area contributed by atoms with Crippen LogP contribution in [0.5, 0.6) is 0 Å². The lowest BCUT2D eigenvalue weighted by molar-refractivity contribution is -0.123. The molecule has 1 heterocycles. The van der Waals surface area contributed by atoms with Crippen molar-refractivity contribution in [3.63, 3.8) is 0 Å². The zero-order valence-electron chi connectivity index (χ0n) is 12.3. The van der Waals surface area contributed by atoms with Crippen molar-refractivity contribution in [1.29, 1.82) is 0 Å². The number of carbonyl (C=O) groups excluding carboxylic acids is 1. The van der Waals surface area contributed by atoms with Crippen LogP contribution in [0.2, 0.25) is 0 Å². The van der Waals surface area contributed by atoms with Crippen LogP contribution >= 0.6 is 0 Å². The molecule has 112 valence electrons. The maximum Gasteiger partial charge on any atom is 0.371 e. The SMILES string of the molecule is CCN(CC(=O)NC(C)C)C(C)c1ccc(C(=O)O)o1. The summed E-state index contributed by atoms with van der Waals surface area (Å²) in [4.78, 5) is 24.5. The molecule has 6 heteroatoms. The van der Waals surface area contributed by atoms with Gasteiger partial charge in [0, 0.05) is 6.04 Å².